The molecule has 2 heterocycles. The Bertz CT molecular complexity index is 1050. The number of anilines is 2. The fourth-order valence-electron chi connectivity index (χ4n) is 2.96. The van der Waals surface area contributed by atoms with Gasteiger partial charge in [0.25, 0.3) is 5.91 Å². The molecule has 0 aliphatic rings. The van der Waals surface area contributed by atoms with Gasteiger partial charge < -0.3 is 20.0 Å². The number of carbonyl (C=O) groups is 2. The van der Waals surface area contributed by atoms with Crippen molar-refractivity contribution in [1.82, 2.24) is 15.2 Å². The fraction of sp³-hybridized carbons (Fsp3) is 0.348. The number of amides is 2. The van der Waals surface area contributed by atoms with E-state index >= 15 is 0 Å². The third-order valence-electron chi connectivity index (χ3n) is 5.01. The number of hydrogen-bond acceptors (Lipinski definition) is 6. The monoisotopic (exact) mass is 474 g/mol. The van der Waals surface area contributed by atoms with Gasteiger partial charge in [-0.15, -0.1) is 11.3 Å². The second kappa shape index (κ2) is 11.2. The summed E-state index contributed by atoms with van der Waals surface area (Å²) in [5.74, 6) is 0.294. The van der Waals surface area contributed by atoms with Crippen LogP contribution in [0, 0.1) is 6.92 Å². The number of rotatable bonds is 10. The first-order chi connectivity index (χ1) is 15.4. The third kappa shape index (κ3) is 6.58. The minimum absolute atomic E-state index is 0.0892. The number of halogens is 1. The SMILES string of the molecule is CCC(C)NC(=O)CCN(Cc1ccco1)C(=O)c1csc(Nc2cc(Cl)ccc2C)n1. The van der Waals surface area contributed by atoms with Crippen molar-refractivity contribution in [3.8, 4) is 0 Å². The Morgan fingerprint density at radius 3 is 2.84 bits per heavy atom. The highest BCUT2D eigenvalue weighted by Crippen LogP contribution is 2.26. The van der Waals surface area contributed by atoms with Crippen LogP contribution in [0.3, 0.4) is 0 Å². The van der Waals surface area contributed by atoms with Crippen molar-refractivity contribution in [3.63, 3.8) is 0 Å². The van der Waals surface area contributed by atoms with E-state index in [1.165, 1.54) is 11.3 Å². The molecule has 170 valence electrons. The number of aromatic nitrogens is 1. The summed E-state index contributed by atoms with van der Waals surface area (Å²) in [6.45, 7) is 6.45. The standard InChI is InChI=1S/C23H27ClN4O3S/c1-4-16(3)25-21(29)9-10-28(13-18-6-5-11-31-18)22(30)20-14-32-23(27-20)26-19-12-17(24)8-7-15(19)2/h5-8,11-12,14,16H,4,9-10,13H2,1-3H3,(H,25,29)(H,26,27). The molecule has 2 aromatic heterocycles. The van der Waals surface area contributed by atoms with Crippen LogP contribution in [0.15, 0.2) is 46.4 Å². The molecular weight excluding hydrogens is 448 g/mol. The summed E-state index contributed by atoms with van der Waals surface area (Å²) >= 11 is 7.42. The molecular formula is C23H27ClN4O3S. The molecule has 9 heteroatoms. The molecule has 1 atom stereocenters. The van der Waals surface area contributed by atoms with Gasteiger partial charge in [-0.25, -0.2) is 4.98 Å². The lowest BCUT2D eigenvalue weighted by molar-refractivity contribution is -0.121. The van der Waals surface area contributed by atoms with Crippen molar-refractivity contribution < 1.29 is 14.0 Å². The van der Waals surface area contributed by atoms with Crippen LogP contribution < -0.4 is 10.6 Å². The van der Waals surface area contributed by atoms with Gasteiger partial charge in [-0.1, -0.05) is 24.6 Å². The second-order valence-electron chi connectivity index (χ2n) is 7.56. The molecule has 7 nitrogen and oxygen atoms in total. The van der Waals surface area contributed by atoms with Crippen LogP contribution in [0.5, 0.6) is 0 Å². The maximum absolute atomic E-state index is 13.2. The number of aryl methyl sites for hydroxylation is 1. The molecule has 1 unspecified atom stereocenters. The first-order valence-electron chi connectivity index (χ1n) is 10.5. The van der Waals surface area contributed by atoms with Gasteiger partial charge in [0.15, 0.2) is 5.13 Å². The first kappa shape index (κ1) is 23.8. The highest BCUT2D eigenvalue weighted by molar-refractivity contribution is 7.14. The number of furan rings is 1. The Morgan fingerprint density at radius 1 is 1.31 bits per heavy atom. The van der Waals surface area contributed by atoms with E-state index < -0.39 is 0 Å². The molecule has 0 fully saturated rings. The Kier molecular flexibility index (Phi) is 8.30. The number of carbonyl (C=O) groups excluding carboxylic acids is 2. The van der Waals surface area contributed by atoms with E-state index in [0.717, 1.165) is 17.7 Å². The van der Waals surface area contributed by atoms with Crippen molar-refractivity contribution in [3.05, 3.63) is 64.0 Å². The van der Waals surface area contributed by atoms with E-state index in [2.05, 4.69) is 15.6 Å². The lowest BCUT2D eigenvalue weighted by Crippen LogP contribution is -2.37. The largest absolute Gasteiger partial charge is 0.467 e. The predicted molar refractivity (Wildman–Crippen MR) is 128 cm³/mol. The molecule has 0 bridgehead atoms. The van der Waals surface area contributed by atoms with Crippen molar-refractivity contribution in [2.75, 3.05) is 11.9 Å². The Balaban J connectivity index is 1.71. The number of benzene rings is 1. The zero-order valence-electron chi connectivity index (χ0n) is 18.4. The number of hydrogen-bond donors (Lipinski definition) is 2. The smallest absolute Gasteiger partial charge is 0.273 e. The Labute approximate surface area is 196 Å². The zero-order valence-corrected chi connectivity index (χ0v) is 19.9. The van der Waals surface area contributed by atoms with E-state index in [9.17, 15) is 9.59 Å². The van der Waals surface area contributed by atoms with Crippen LogP contribution in [-0.4, -0.2) is 34.3 Å². The first-order valence-corrected chi connectivity index (χ1v) is 11.7. The molecule has 32 heavy (non-hydrogen) atoms. The molecule has 0 aliphatic carbocycles. The van der Waals surface area contributed by atoms with Crippen molar-refractivity contribution >= 4 is 45.6 Å². The number of nitrogens with one attached hydrogen (secondary N) is 2. The van der Waals surface area contributed by atoms with Gasteiger partial charge in [0.1, 0.15) is 11.5 Å². The van der Waals surface area contributed by atoms with E-state index in [4.69, 9.17) is 16.0 Å². The molecule has 0 saturated carbocycles. The van der Waals surface area contributed by atoms with Gasteiger partial charge >= 0.3 is 0 Å². The third-order valence-corrected chi connectivity index (χ3v) is 6.00. The van der Waals surface area contributed by atoms with Crippen LogP contribution in [0.1, 0.15) is 48.5 Å². The maximum Gasteiger partial charge on any atom is 0.273 e. The highest BCUT2D eigenvalue weighted by atomic mass is 35.5. The van der Waals surface area contributed by atoms with Gasteiger partial charge in [0.05, 0.1) is 12.8 Å². The number of thiazole rings is 1. The summed E-state index contributed by atoms with van der Waals surface area (Å²) in [7, 11) is 0. The topological polar surface area (TPSA) is 87.5 Å². The van der Waals surface area contributed by atoms with Crippen LogP contribution in [0.2, 0.25) is 5.02 Å². The summed E-state index contributed by atoms with van der Waals surface area (Å²) in [6, 6.07) is 9.22. The lowest BCUT2D eigenvalue weighted by atomic mass is 10.2. The van der Waals surface area contributed by atoms with Gasteiger partial charge in [-0.3, -0.25) is 9.59 Å². The Hall–Kier alpha value is -2.84. The molecule has 1 aromatic carbocycles. The summed E-state index contributed by atoms with van der Waals surface area (Å²) in [5.41, 5.74) is 2.16. The second-order valence-corrected chi connectivity index (χ2v) is 8.85. The van der Waals surface area contributed by atoms with Crippen LogP contribution in [0.25, 0.3) is 0 Å². The average molecular weight is 475 g/mol. The van der Waals surface area contributed by atoms with Crippen LogP contribution in [0.4, 0.5) is 10.8 Å². The van der Waals surface area contributed by atoms with E-state index in [-0.39, 0.29) is 37.4 Å². The quantitative estimate of drug-likeness (QED) is 0.411. The number of nitrogens with zero attached hydrogens (tertiary/aromatic N) is 2. The van der Waals surface area contributed by atoms with Crippen molar-refractivity contribution in [1.29, 1.82) is 0 Å². The van der Waals surface area contributed by atoms with E-state index in [0.29, 0.717) is 21.6 Å². The molecule has 0 spiro atoms. The fourth-order valence-corrected chi connectivity index (χ4v) is 3.83. The zero-order chi connectivity index (χ0) is 23.1. The van der Waals surface area contributed by atoms with E-state index in [1.807, 2.05) is 39.0 Å². The molecule has 0 saturated heterocycles. The predicted octanol–water partition coefficient (Wildman–Crippen LogP) is 5.39. The normalized spacial score (nSPS) is 11.8. The minimum atomic E-state index is -0.259. The van der Waals surface area contributed by atoms with Gasteiger partial charge in [-0.2, -0.15) is 0 Å². The molecule has 0 aliphatic heterocycles. The van der Waals surface area contributed by atoms with Crippen LogP contribution in [-0.2, 0) is 11.3 Å². The molecule has 3 rings (SSSR count). The summed E-state index contributed by atoms with van der Waals surface area (Å²) < 4.78 is 5.41. The average Bonchev–Trinajstić information content (AvgIpc) is 3.45. The van der Waals surface area contributed by atoms with Crippen molar-refractivity contribution in [2.24, 2.45) is 0 Å². The molecule has 0 radical (unpaired) electrons. The molecule has 2 amide bonds. The van der Waals surface area contributed by atoms with Crippen molar-refractivity contribution in [2.45, 2.75) is 46.2 Å². The van der Waals surface area contributed by atoms with Gasteiger partial charge in [0.2, 0.25) is 5.91 Å². The highest BCUT2D eigenvalue weighted by Gasteiger charge is 2.21. The van der Waals surface area contributed by atoms with E-state index in [1.54, 1.807) is 28.7 Å². The van der Waals surface area contributed by atoms with Gasteiger partial charge in [0, 0.05) is 35.1 Å². The van der Waals surface area contributed by atoms with Crippen LogP contribution >= 0.6 is 22.9 Å². The van der Waals surface area contributed by atoms with Gasteiger partial charge in [-0.05, 0) is 50.1 Å². The summed E-state index contributed by atoms with van der Waals surface area (Å²) in [6.07, 6.45) is 2.61. The maximum atomic E-state index is 13.2. The minimum Gasteiger partial charge on any atom is -0.467 e. The lowest BCUT2D eigenvalue weighted by Gasteiger charge is -2.21. The Morgan fingerprint density at radius 2 is 2.12 bits per heavy atom. The molecule has 3 aromatic rings. The summed E-state index contributed by atoms with van der Waals surface area (Å²) in [5, 5.41) is 9.06. The molecule has 2 N–H and O–H groups in total. The summed E-state index contributed by atoms with van der Waals surface area (Å²) in [4.78, 5) is 31.5.